The van der Waals surface area contributed by atoms with Gasteiger partial charge in [0, 0.05) is 6.54 Å². The minimum atomic E-state index is -0.318. The maximum absolute atomic E-state index is 9.78. The van der Waals surface area contributed by atoms with Gasteiger partial charge in [-0.2, -0.15) is 0 Å². The third-order valence-electron chi connectivity index (χ3n) is 2.43. The van der Waals surface area contributed by atoms with Gasteiger partial charge in [0.15, 0.2) is 0 Å². The van der Waals surface area contributed by atoms with Crippen LogP contribution in [0.25, 0.3) is 0 Å². The summed E-state index contributed by atoms with van der Waals surface area (Å²) >= 11 is 0. The second-order valence-electron chi connectivity index (χ2n) is 3.60. The van der Waals surface area contributed by atoms with E-state index in [1.165, 1.54) is 0 Å². The summed E-state index contributed by atoms with van der Waals surface area (Å²) < 4.78 is 0. The number of halogens is 1. The molecule has 3 N–H and O–H groups in total. The van der Waals surface area contributed by atoms with Crippen LogP contribution in [0, 0.1) is 0 Å². The molecule has 1 rings (SSSR count). The molecule has 1 aromatic rings. The molecule has 0 aromatic heterocycles. The van der Waals surface area contributed by atoms with Crippen molar-refractivity contribution in [3.05, 3.63) is 35.4 Å². The van der Waals surface area contributed by atoms with Gasteiger partial charge in [-0.3, -0.25) is 0 Å². The van der Waals surface area contributed by atoms with Crippen LogP contribution in [0.15, 0.2) is 24.3 Å². The summed E-state index contributed by atoms with van der Waals surface area (Å²) in [7, 11) is 0. The topological polar surface area (TPSA) is 46.2 Å². The van der Waals surface area contributed by atoms with Gasteiger partial charge in [-0.1, -0.05) is 44.0 Å². The molecule has 0 saturated heterocycles. The Hall–Kier alpha value is -0.570. The van der Waals surface area contributed by atoms with Gasteiger partial charge in [-0.15, -0.1) is 12.4 Å². The predicted molar refractivity (Wildman–Crippen MR) is 66.1 cm³/mol. The number of hydrogen-bond acceptors (Lipinski definition) is 2. The lowest BCUT2D eigenvalue weighted by Crippen LogP contribution is -1.99. The molecule has 0 amide bonds. The summed E-state index contributed by atoms with van der Waals surface area (Å²) in [5.41, 5.74) is 7.60. The van der Waals surface area contributed by atoms with Crippen LogP contribution in [0.3, 0.4) is 0 Å². The molecule has 2 nitrogen and oxygen atoms in total. The number of unbranched alkanes of at least 4 members (excludes halogenated alkanes) is 1. The molecule has 1 aromatic carbocycles. The highest BCUT2D eigenvalue weighted by atomic mass is 35.5. The average Bonchev–Trinajstić information content (AvgIpc) is 2.26. The molecule has 0 fully saturated rings. The van der Waals surface area contributed by atoms with Gasteiger partial charge in [-0.25, -0.2) is 0 Å². The Kier molecular flexibility index (Phi) is 7.39. The van der Waals surface area contributed by atoms with E-state index in [2.05, 4.69) is 6.92 Å². The third-order valence-corrected chi connectivity index (χ3v) is 2.43. The third kappa shape index (κ3) is 4.65. The number of benzene rings is 1. The summed E-state index contributed by atoms with van der Waals surface area (Å²) in [6, 6.07) is 7.88. The zero-order valence-electron chi connectivity index (χ0n) is 9.15. The van der Waals surface area contributed by atoms with Crippen LogP contribution in [-0.2, 0) is 6.54 Å². The molecule has 3 heteroatoms. The molecule has 0 aliphatic rings. The summed E-state index contributed by atoms with van der Waals surface area (Å²) in [5.74, 6) is 0. The normalized spacial score (nSPS) is 11.9. The fourth-order valence-corrected chi connectivity index (χ4v) is 1.44. The van der Waals surface area contributed by atoms with Crippen molar-refractivity contribution in [3.8, 4) is 0 Å². The van der Waals surface area contributed by atoms with Gasteiger partial charge in [0.25, 0.3) is 0 Å². The lowest BCUT2D eigenvalue weighted by molar-refractivity contribution is 0.164. The van der Waals surface area contributed by atoms with Gasteiger partial charge in [0.05, 0.1) is 6.10 Å². The van der Waals surface area contributed by atoms with Crippen molar-refractivity contribution in [2.24, 2.45) is 5.73 Å². The molecular weight excluding hydrogens is 210 g/mol. The highest BCUT2D eigenvalue weighted by Crippen LogP contribution is 2.19. The Morgan fingerprint density at radius 2 is 1.87 bits per heavy atom. The van der Waals surface area contributed by atoms with Gasteiger partial charge >= 0.3 is 0 Å². The standard InChI is InChI=1S/C12H19NO.ClH/c1-2-3-4-12(14)11-7-5-10(9-13)6-8-11;/h5-8,12,14H,2-4,9,13H2,1H3;1H. The SMILES string of the molecule is CCCCC(O)c1ccc(CN)cc1.Cl. The number of hydrogen-bond donors (Lipinski definition) is 2. The Balaban J connectivity index is 0.00000196. The van der Waals surface area contributed by atoms with Gasteiger partial charge in [0.1, 0.15) is 0 Å². The summed E-state index contributed by atoms with van der Waals surface area (Å²) in [6.45, 7) is 2.69. The predicted octanol–water partition coefficient (Wildman–Crippen LogP) is 2.79. The van der Waals surface area contributed by atoms with Gasteiger partial charge < -0.3 is 10.8 Å². The zero-order chi connectivity index (χ0) is 10.4. The van der Waals surface area contributed by atoms with E-state index in [9.17, 15) is 5.11 Å². The maximum Gasteiger partial charge on any atom is 0.0790 e. The molecule has 0 aliphatic heterocycles. The van der Waals surface area contributed by atoms with E-state index in [1.54, 1.807) is 0 Å². The van der Waals surface area contributed by atoms with Crippen molar-refractivity contribution >= 4 is 12.4 Å². The van der Waals surface area contributed by atoms with Gasteiger partial charge in [-0.05, 0) is 17.5 Å². The molecule has 0 saturated carbocycles. The molecule has 0 radical (unpaired) electrons. The first-order valence-electron chi connectivity index (χ1n) is 5.25. The Labute approximate surface area is 97.9 Å². The molecule has 1 unspecified atom stereocenters. The fourth-order valence-electron chi connectivity index (χ4n) is 1.44. The van der Waals surface area contributed by atoms with E-state index in [4.69, 9.17) is 5.73 Å². The van der Waals surface area contributed by atoms with Crippen molar-refractivity contribution in [2.45, 2.75) is 38.8 Å². The van der Waals surface area contributed by atoms with Crippen molar-refractivity contribution in [2.75, 3.05) is 0 Å². The highest BCUT2D eigenvalue weighted by Gasteiger charge is 2.05. The highest BCUT2D eigenvalue weighted by molar-refractivity contribution is 5.85. The molecular formula is C12H20ClNO. The molecule has 0 heterocycles. The first kappa shape index (κ1) is 14.4. The number of aliphatic hydroxyl groups excluding tert-OH is 1. The minimum Gasteiger partial charge on any atom is -0.388 e. The van der Waals surface area contributed by atoms with Gasteiger partial charge in [0.2, 0.25) is 0 Å². The van der Waals surface area contributed by atoms with Crippen LogP contribution in [0.5, 0.6) is 0 Å². The molecule has 0 aliphatic carbocycles. The van der Waals surface area contributed by atoms with Crippen molar-refractivity contribution in [1.82, 2.24) is 0 Å². The lowest BCUT2D eigenvalue weighted by atomic mass is 10.0. The molecule has 1 atom stereocenters. The van der Waals surface area contributed by atoms with Crippen molar-refractivity contribution in [1.29, 1.82) is 0 Å². The maximum atomic E-state index is 9.78. The van der Waals surface area contributed by atoms with Crippen LogP contribution >= 0.6 is 12.4 Å². The average molecular weight is 230 g/mol. The van der Waals surface area contributed by atoms with Crippen LogP contribution < -0.4 is 5.73 Å². The Morgan fingerprint density at radius 3 is 2.33 bits per heavy atom. The number of nitrogens with two attached hydrogens (primary N) is 1. The van der Waals surface area contributed by atoms with Crippen molar-refractivity contribution < 1.29 is 5.11 Å². The van der Waals surface area contributed by atoms with Crippen LogP contribution in [0.2, 0.25) is 0 Å². The largest absolute Gasteiger partial charge is 0.388 e. The van der Waals surface area contributed by atoms with E-state index >= 15 is 0 Å². The van der Waals surface area contributed by atoms with Crippen LogP contribution in [0.1, 0.15) is 43.4 Å². The van der Waals surface area contributed by atoms with E-state index in [0.29, 0.717) is 6.54 Å². The quantitative estimate of drug-likeness (QED) is 0.816. The summed E-state index contributed by atoms with van der Waals surface area (Å²) in [6.07, 6.45) is 2.72. The molecule has 0 bridgehead atoms. The number of aliphatic hydroxyl groups is 1. The number of rotatable bonds is 5. The van der Waals surface area contributed by atoms with E-state index < -0.39 is 0 Å². The molecule has 0 spiro atoms. The zero-order valence-corrected chi connectivity index (χ0v) is 9.96. The minimum absolute atomic E-state index is 0. The second-order valence-corrected chi connectivity index (χ2v) is 3.60. The van der Waals surface area contributed by atoms with Crippen LogP contribution in [-0.4, -0.2) is 5.11 Å². The van der Waals surface area contributed by atoms with E-state index in [1.807, 2.05) is 24.3 Å². The first-order valence-corrected chi connectivity index (χ1v) is 5.25. The second kappa shape index (κ2) is 7.69. The van der Waals surface area contributed by atoms with Crippen molar-refractivity contribution in [3.63, 3.8) is 0 Å². The molecule has 15 heavy (non-hydrogen) atoms. The fraction of sp³-hybridized carbons (Fsp3) is 0.500. The Bertz CT molecular complexity index is 261. The smallest absolute Gasteiger partial charge is 0.0790 e. The first-order chi connectivity index (χ1) is 6.77. The lowest BCUT2D eigenvalue weighted by Gasteiger charge is -2.10. The summed E-state index contributed by atoms with van der Waals surface area (Å²) in [5, 5.41) is 9.78. The monoisotopic (exact) mass is 229 g/mol. The summed E-state index contributed by atoms with van der Waals surface area (Å²) in [4.78, 5) is 0. The van der Waals surface area contributed by atoms with E-state index in [-0.39, 0.29) is 18.5 Å². The Morgan fingerprint density at radius 1 is 1.27 bits per heavy atom. The molecule has 86 valence electrons. The van der Waals surface area contributed by atoms with E-state index in [0.717, 1.165) is 30.4 Å². The van der Waals surface area contributed by atoms with Crippen LogP contribution in [0.4, 0.5) is 0 Å².